The number of carbonyl (C=O) groups is 1. The molecule has 0 fully saturated rings. The van der Waals surface area contributed by atoms with Gasteiger partial charge in [-0.15, -0.1) is 0 Å². The van der Waals surface area contributed by atoms with E-state index >= 15 is 0 Å². The molecule has 1 aliphatic carbocycles. The third-order valence-electron chi connectivity index (χ3n) is 5.02. The summed E-state index contributed by atoms with van der Waals surface area (Å²) >= 11 is 0. The summed E-state index contributed by atoms with van der Waals surface area (Å²) in [6.45, 7) is 5.56. The second kappa shape index (κ2) is 11.4. The summed E-state index contributed by atoms with van der Waals surface area (Å²) in [7, 11) is -3.24. The maximum Gasteiger partial charge on any atom is 0.300 e. The van der Waals surface area contributed by atoms with Gasteiger partial charge in [-0.1, -0.05) is 50.2 Å². The lowest BCUT2D eigenvalue weighted by Crippen LogP contribution is -2.42. The zero-order chi connectivity index (χ0) is 23.9. The number of benzene rings is 2. The van der Waals surface area contributed by atoms with E-state index in [4.69, 9.17) is 14.6 Å². The summed E-state index contributed by atoms with van der Waals surface area (Å²) in [4.78, 5) is 9.00. The molecular formula is C24H33NO6S. The smallest absolute Gasteiger partial charge is 0.300 e. The van der Waals surface area contributed by atoms with Crippen molar-refractivity contribution in [2.45, 2.75) is 64.2 Å². The largest absolute Gasteiger partial charge is 0.489 e. The number of aliphatic carboxylic acids is 1. The molecule has 0 radical (unpaired) electrons. The molecule has 0 heterocycles. The van der Waals surface area contributed by atoms with Gasteiger partial charge in [0.1, 0.15) is 12.4 Å². The number of fused-ring (bicyclic) bond motifs is 1. The minimum Gasteiger partial charge on any atom is -0.489 e. The molecule has 0 bridgehead atoms. The molecule has 3 rings (SSSR count). The number of aliphatic hydroxyl groups is 1. The van der Waals surface area contributed by atoms with Crippen LogP contribution in [0, 0.1) is 0 Å². The number of carboxylic acids is 1. The van der Waals surface area contributed by atoms with E-state index in [2.05, 4.69) is 19.2 Å². The van der Waals surface area contributed by atoms with E-state index in [9.17, 15) is 13.5 Å². The van der Waals surface area contributed by atoms with Gasteiger partial charge in [-0.25, -0.2) is 8.42 Å². The second-order valence-corrected chi connectivity index (χ2v) is 10.5. The van der Waals surface area contributed by atoms with Crippen molar-refractivity contribution in [3.05, 3.63) is 64.7 Å². The van der Waals surface area contributed by atoms with Crippen LogP contribution < -0.4 is 10.1 Å². The Morgan fingerprint density at radius 3 is 2.38 bits per heavy atom. The fourth-order valence-corrected chi connectivity index (χ4v) is 4.67. The van der Waals surface area contributed by atoms with Crippen molar-refractivity contribution in [3.63, 3.8) is 0 Å². The molecule has 0 aromatic heterocycles. The lowest BCUT2D eigenvalue weighted by molar-refractivity contribution is -0.134. The van der Waals surface area contributed by atoms with Crippen LogP contribution in [0.3, 0.4) is 0 Å². The van der Waals surface area contributed by atoms with Crippen LogP contribution in [0.5, 0.6) is 5.75 Å². The van der Waals surface area contributed by atoms with Crippen LogP contribution in [0.2, 0.25) is 0 Å². The topological polar surface area (TPSA) is 113 Å². The van der Waals surface area contributed by atoms with Gasteiger partial charge in [-0.2, -0.15) is 0 Å². The van der Waals surface area contributed by atoms with Crippen LogP contribution >= 0.6 is 0 Å². The first-order valence-electron chi connectivity index (χ1n) is 10.6. The lowest BCUT2D eigenvalue weighted by atomic mass is 9.83. The summed E-state index contributed by atoms with van der Waals surface area (Å²) < 4.78 is 30.1. The molecule has 0 saturated carbocycles. The number of carboxylic acid groups (broad SMARTS) is 1. The van der Waals surface area contributed by atoms with E-state index in [1.165, 1.54) is 6.26 Å². The molecule has 1 aliphatic rings. The quantitative estimate of drug-likeness (QED) is 0.578. The third-order valence-corrected chi connectivity index (χ3v) is 5.83. The number of sulfone groups is 1. The molecule has 7 nitrogen and oxygen atoms in total. The van der Waals surface area contributed by atoms with E-state index < -0.39 is 21.9 Å². The summed E-state index contributed by atoms with van der Waals surface area (Å²) in [6.07, 6.45) is 2.04. The van der Waals surface area contributed by atoms with Gasteiger partial charge in [-0.3, -0.25) is 4.79 Å². The third kappa shape index (κ3) is 7.93. The number of nitrogens with one attached hydrogen (secondary N) is 1. The van der Waals surface area contributed by atoms with Crippen LogP contribution in [0.4, 0.5) is 0 Å². The van der Waals surface area contributed by atoms with E-state index in [0.29, 0.717) is 24.3 Å². The number of rotatable bonds is 7. The van der Waals surface area contributed by atoms with Gasteiger partial charge in [0.2, 0.25) is 0 Å². The van der Waals surface area contributed by atoms with Gasteiger partial charge in [0, 0.05) is 30.8 Å². The minimum atomic E-state index is -3.24. The van der Waals surface area contributed by atoms with Crippen molar-refractivity contribution < 1.29 is 28.2 Å². The molecule has 8 heteroatoms. The van der Waals surface area contributed by atoms with Crippen molar-refractivity contribution in [1.82, 2.24) is 5.32 Å². The Kier molecular flexibility index (Phi) is 9.24. The standard InChI is InChI=1S/C22H29NO4S.C2H4O2/c1-15(2)23-20-11-9-17-18(22(20)24)10-12-21(19(17)14-28(3,25)26)27-13-16-7-5-4-6-8-16;1-2(3)4/h4-8,10,12,15,20,22-24H,9,11,13-14H2,1-3H3;1H3,(H,3,4). The monoisotopic (exact) mass is 463 g/mol. The van der Waals surface area contributed by atoms with Crippen molar-refractivity contribution in [1.29, 1.82) is 0 Å². The van der Waals surface area contributed by atoms with E-state index in [0.717, 1.165) is 30.0 Å². The minimum absolute atomic E-state index is 0.0327. The average molecular weight is 464 g/mol. The van der Waals surface area contributed by atoms with Crippen LogP contribution in [-0.2, 0) is 33.4 Å². The van der Waals surface area contributed by atoms with Crippen molar-refractivity contribution in [3.8, 4) is 5.75 Å². The Bertz CT molecular complexity index is 1000. The SMILES string of the molecule is CC(=O)O.CC(C)NC1CCc2c(ccc(OCc3ccccc3)c2CS(C)(=O)=O)C1O. The van der Waals surface area contributed by atoms with Crippen molar-refractivity contribution in [2.24, 2.45) is 0 Å². The molecule has 3 N–H and O–H groups in total. The van der Waals surface area contributed by atoms with Crippen molar-refractivity contribution in [2.75, 3.05) is 6.26 Å². The molecular weight excluding hydrogens is 430 g/mol. The zero-order valence-corrected chi connectivity index (χ0v) is 19.9. The Balaban J connectivity index is 0.000000837. The van der Waals surface area contributed by atoms with Gasteiger partial charge in [0.15, 0.2) is 9.84 Å². The number of hydrogen-bond donors (Lipinski definition) is 3. The van der Waals surface area contributed by atoms with E-state index in [1.807, 2.05) is 36.4 Å². The molecule has 2 atom stereocenters. The first-order chi connectivity index (χ1) is 15.0. The summed E-state index contributed by atoms with van der Waals surface area (Å²) in [6, 6.07) is 13.7. The molecule has 2 unspecified atom stereocenters. The average Bonchev–Trinajstić information content (AvgIpc) is 2.68. The number of hydrogen-bond acceptors (Lipinski definition) is 6. The first-order valence-corrected chi connectivity index (χ1v) is 12.7. The summed E-state index contributed by atoms with van der Waals surface area (Å²) in [5.74, 6) is -0.342. The highest BCUT2D eigenvalue weighted by atomic mass is 32.2. The highest BCUT2D eigenvalue weighted by molar-refractivity contribution is 7.89. The predicted octanol–water partition coefficient (Wildman–Crippen LogP) is 3.25. The molecule has 0 amide bonds. The Hall–Kier alpha value is -2.42. The maximum atomic E-state index is 12.1. The van der Waals surface area contributed by atoms with Gasteiger partial charge in [0.25, 0.3) is 5.97 Å². The Morgan fingerprint density at radius 2 is 1.81 bits per heavy atom. The summed E-state index contributed by atoms with van der Waals surface area (Å²) in [5, 5.41) is 21.7. The molecule has 0 saturated heterocycles. The second-order valence-electron chi connectivity index (χ2n) is 8.38. The van der Waals surface area contributed by atoms with Gasteiger partial charge in [0.05, 0.1) is 11.9 Å². The Labute approximate surface area is 190 Å². The van der Waals surface area contributed by atoms with Crippen LogP contribution in [-0.4, -0.2) is 42.9 Å². The van der Waals surface area contributed by atoms with E-state index in [-0.39, 0.29) is 17.8 Å². The van der Waals surface area contributed by atoms with Gasteiger partial charge in [-0.05, 0) is 35.6 Å². The molecule has 176 valence electrons. The number of ether oxygens (including phenoxy) is 1. The Morgan fingerprint density at radius 1 is 1.19 bits per heavy atom. The normalized spacial score (nSPS) is 17.8. The summed E-state index contributed by atoms with van der Waals surface area (Å²) in [5.41, 5.74) is 3.41. The highest BCUT2D eigenvalue weighted by Crippen LogP contribution is 2.37. The fraction of sp³-hybridized carbons (Fsp3) is 0.458. The molecule has 0 spiro atoms. The molecule has 2 aromatic carbocycles. The zero-order valence-electron chi connectivity index (χ0n) is 19.0. The fourth-order valence-electron chi connectivity index (χ4n) is 3.83. The first kappa shape index (κ1) is 25.8. The maximum absolute atomic E-state index is 12.1. The predicted molar refractivity (Wildman–Crippen MR) is 124 cm³/mol. The molecule has 2 aromatic rings. The van der Waals surface area contributed by atoms with Crippen LogP contribution in [0.1, 0.15) is 55.5 Å². The lowest BCUT2D eigenvalue weighted by Gasteiger charge is -2.34. The van der Waals surface area contributed by atoms with Gasteiger partial charge >= 0.3 is 0 Å². The molecule has 32 heavy (non-hydrogen) atoms. The van der Waals surface area contributed by atoms with Crippen molar-refractivity contribution >= 4 is 15.8 Å². The highest BCUT2D eigenvalue weighted by Gasteiger charge is 2.31. The van der Waals surface area contributed by atoms with Crippen LogP contribution in [0.15, 0.2) is 42.5 Å². The van der Waals surface area contributed by atoms with E-state index in [1.54, 1.807) is 6.07 Å². The van der Waals surface area contributed by atoms with Crippen LogP contribution in [0.25, 0.3) is 0 Å². The number of aliphatic hydroxyl groups excluding tert-OH is 1. The van der Waals surface area contributed by atoms with Gasteiger partial charge < -0.3 is 20.3 Å². The molecule has 0 aliphatic heterocycles.